The van der Waals surface area contributed by atoms with Gasteiger partial charge in [0.05, 0.1) is 18.6 Å². The molecule has 0 saturated carbocycles. The number of amides is 1. The van der Waals surface area contributed by atoms with E-state index >= 15 is 0 Å². The number of carbonyl (C=O) groups excluding carboxylic acids is 2. The van der Waals surface area contributed by atoms with E-state index in [0.29, 0.717) is 16.8 Å². The molecule has 0 fully saturated rings. The van der Waals surface area contributed by atoms with Crippen LogP contribution in [-0.4, -0.2) is 49.4 Å². The van der Waals surface area contributed by atoms with E-state index in [1.54, 1.807) is 54.6 Å². The van der Waals surface area contributed by atoms with Crippen LogP contribution in [0.5, 0.6) is 5.75 Å². The maximum atomic E-state index is 13.6. The summed E-state index contributed by atoms with van der Waals surface area (Å²) in [4.78, 5) is 27.6. The molecule has 33 heavy (non-hydrogen) atoms. The van der Waals surface area contributed by atoms with Crippen LogP contribution in [0.15, 0.2) is 83.8 Å². The summed E-state index contributed by atoms with van der Waals surface area (Å²) in [5.74, 6) is -1.23. The maximum absolute atomic E-state index is 13.6. The first-order valence-corrected chi connectivity index (χ1v) is 11.6. The van der Waals surface area contributed by atoms with Crippen molar-refractivity contribution >= 4 is 27.6 Å². The van der Waals surface area contributed by atoms with Crippen LogP contribution in [0, 0.1) is 0 Å². The summed E-state index contributed by atoms with van der Waals surface area (Å²) in [6.07, 6.45) is 0. The van der Waals surface area contributed by atoms with Gasteiger partial charge in [-0.3, -0.25) is 9.59 Å². The average Bonchev–Trinajstić information content (AvgIpc) is 3.02. The van der Waals surface area contributed by atoms with Gasteiger partial charge in [0.1, 0.15) is 11.8 Å². The number of carbonyl (C=O) groups is 2. The molecule has 0 spiro atoms. The Hall–Kier alpha value is -3.69. The molecule has 1 N–H and O–H groups in total. The number of rotatable bonds is 4. The third-order valence-corrected chi connectivity index (χ3v) is 7.36. The van der Waals surface area contributed by atoms with E-state index in [9.17, 15) is 23.1 Å². The number of hydrogen-bond acceptors (Lipinski definition) is 6. The number of benzene rings is 3. The van der Waals surface area contributed by atoms with E-state index in [-0.39, 0.29) is 29.6 Å². The van der Waals surface area contributed by atoms with Crippen molar-refractivity contribution in [2.45, 2.75) is 17.5 Å². The first-order chi connectivity index (χ1) is 15.8. The van der Waals surface area contributed by atoms with Crippen molar-refractivity contribution < 1.29 is 27.9 Å². The molecule has 3 aromatic carbocycles. The summed E-state index contributed by atoms with van der Waals surface area (Å²) in [6, 6.07) is 19.3. The molecule has 1 heterocycles. The van der Waals surface area contributed by atoms with Crippen LogP contribution in [0.25, 0.3) is 0 Å². The summed E-state index contributed by atoms with van der Waals surface area (Å²) in [5, 5.41) is 9.56. The van der Waals surface area contributed by atoms with Crippen molar-refractivity contribution in [1.82, 2.24) is 4.31 Å². The topological polar surface area (TPSA) is 104 Å². The molecule has 4 rings (SSSR count). The van der Waals surface area contributed by atoms with Gasteiger partial charge in [-0.1, -0.05) is 36.4 Å². The van der Waals surface area contributed by atoms with Crippen LogP contribution in [0.2, 0.25) is 0 Å². The van der Waals surface area contributed by atoms with Crippen LogP contribution < -0.4 is 4.90 Å². The number of aromatic hydroxyl groups is 1. The number of ether oxygens (including phenoxy) is 1. The lowest BCUT2D eigenvalue weighted by atomic mass is 10.1. The van der Waals surface area contributed by atoms with Gasteiger partial charge in [-0.2, -0.15) is 4.31 Å². The van der Waals surface area contributed by atoms with Crippen molar-refractivity contribution in [3.8, 4) is 5.75 Å². The molecule has 8 nitrogen and oxygen atoms in total. The minimum Gasteiger partial charge on any atom is -0.508 e. The number of anilines is 1. The Labute approximate surface area is 191 Å². The van der Waals surface area contributed by atoms with E-state index in [4.69, 9.17) is 4.74 Å². The number of nitrogens with zero attached hydrogens (tertiary/aromatic N) is 2. The lowest BCUT2D eigenvalue weighted by Crippen LogP contribution is -2.50. The molecule has 0 radical (unpaired) electrons. The fourth-order valence-corrected chi connectivity index (χ4v) is 5.36. The molecule has 170 valence electrons. The van der Waals surface area contributed by atoms with E-state index in [2.05, 4.69) is 0 Å². The van der Waals surface area contributed by atoms with E-state index in [1.165, 1.54) is 36.3 Å². The summed E-state index contributed by atoms with van der Waals surface area (Å²) in [5.41, 5.74) is 1.49. The summed E-state index contributed by atoms with van der Waals surface area (Å²) >= 11 is 0. The Bertz CT molecular complexity index is 1280. The third-order valence-electron chi connectivity index (χ3n) is 5.49. The van der Waals surface area contributed by atoms with E-state index < -0.39 is 22.0 Å². The van der Waals surface area contributed by atoms with Crippen LogP contribution in [0.4, 0.5) is 5.69 Å². The molecule has 3 aromatic rings. The summed E-state index contributed by atoms with van der Waals surface area (Å²) in [7, 11) is -3.00. The molecule has 1 unspecified atom stereocenters. The van der Waals surface area contributed by atoms with Gasteiger partial charge in [0, 0.05) is 17.8 Å². The molecule has 9 heteroatoms. The zero-order valence-electron chi connectivity index (χ0n) is 17.8. The highest BCUT2D eigenvalue weighted by Crippen LogP contribution is 2.32. The number of methoxy groups -OCH3 is 1. The summed E-state index contributed by atoms with van der Waals surface area (Å²) < 4.78 is 33.1. The molecule has 0 saturated heterocycles. The Morgan fingerprint density at radius 3 is 2.24 bits per heavy atom. The van der Waals surface area contributed by atoms with E-state index in [0.717, 1.165) is 4.31 Å². The van der Waals surface area contributed by atoms with Gasteiger partial charge in [-0.25, -0.2) is 8.42 Å². The maximum Gasteiger partial charge on any atom is 0.326 e. The van der Waals surface area contributed by atoms with Crippen LogP contribution in [0.1, 0.15) is 15.9 Å². The molecule has 0 aliphatic carbocycles. The Balaban J connectivity index is 1.84. The Morgan fingerprint density at radius 1 is 0.939 bits per heavy atom. The van der Waals surface area contributed by atoms with Gasteiger partial charge < -0.3 is 14.7 Å². The Morgan fingerprint density at radius 2 is 1.58 bits per heavy atom. The monoisotopic (exact) mass is 466 g/mol. The number of phenolic OH excluding ortho intramolecular Hbond substituents is 1. The lowest BCUT2D eigenvalue weighted by Gasteiger charge is -2.29. The minimum absolute atomic E-state index is 0.0840. The number of para-hydroxylation sites is 1. The average molecular weight is 467 g/mol. The van der Waals surface area contributed by atoms with Gasteiger partial charge in [-0.15, -0.1) is 0 Å². The molecule has 1 aliphatic rings. The highest BCUT2D eigenvalue weighted by Gasteiger charge is 2.42. The number of phenols is 1. The van der Waals surface area contributed by atoms with Crippen molar-refractivity contribution in [2.24, 2.45) is 0 Å². The number of fused-ring (bicyclic) bond motifs is 1. The molecular formula is C24H22N2O6S. The predicted octanol–water partition coefficient (Wildman–Crippen LogP) is 2.79. The first kappa shape index (κ1) is 22.5. The zero-order chi connectivity index (χ0) is 23.6. The first-order valence-electron chi connectivity index (χ1n) is 10.2. The second-order valence-corrected chi connectivity index (χ2v) is 9.38. The molecule has 0 bridgehead atoms. The summed E-state index contributed by atoms with van der Waals surface area (Å²) in [6.45, 7) is -0.369. The largest absolute Gasteiger partial charge is 0.508 e. The van der Waals surface area contributed by atoms with Gasteiger partial charge in [-0.05, 0) is 48.0 Å². The lowest BCUT2D eigenvalue weighted by molar-refractivity contribution is -0.144. The molecule has 0 aromatic heterocycles. The smallest absolute Gasteiger partial charge is 0.326 e. The van der Waals surface area contributed by atoms with Gasteiger partial charge in [0.15, 0.2) is 0 Å². The van der Waals surface area contributed by atoms with Crippen molar-refractivity contribution in [1.29, 1.82) is 0 Å². The zero-order valence-corrected chi connectivity index (χ0v) is 18.6. The molecule has 1 atom stereocenters. The minimum atomic E-state index is -4.18. The van der Waals surface area contributed by atoms with Gasteiger partial charge in [0.2, 0.25) is 10.0 Å². The fraction of sp³-hybridized carbons (Fsp3) is 0.167. The van der Waals surface area contributed by atoms with Crippen LogP contribution >= 0.6 is 0 Å². The standard InChI is InChI=1S/C24H22N2O6S/c1-32-24(29)22-16-25(23(28)17-7-3-2-4-8-17)21-10-6-5-9-18(21)15-26(22)33(30,31)20-13-11-19(27)12-14-20/h2-14,22,27H,15-16H2,1H3. The van der Waals surface area contributed by atoms with E-state index in [1.807, 2.05) is 0 Å². The highest BCUT2D eigenvalue weighted by molar-refractivity contribution is 7.89. The molecule has 1 amide bonds. The van der Waals surface area contributed by atoms with Crippen molar-refractivity contribution in [2.75, 3.05) is 18.6 Å². The predicted molar refractivity (Wildman–Crippen MR) is 121 cm³/mol. The highest BCUT2D eigenvalue weighted by atomic mass is 32.2. The number of esters is 1. The quantitative estimate of drug-likeness (QED) is 0.593. The number of hydrogen-bond donors (Lipinski definition) is 1. The van der Waals surface area contributed by atoms with Crippen LogP contribution in [-0.2, 0) is 26.1 Å². The van der Waals surface area contributed by atoms with Crippen molar-refractivity contribution in [3.63, 3.8) is 0 Å². The van der Waals surface area contributed by atoms with Gasteiger partial charge >= 0.3 is 5.97 Å². The van der Waals surface area contributed by atoms with Crippen LogP contribution in [0.3, 0.4) is 0 Å². The molecular weight excluding hydrogens is 444 g/mol. The Kier molecular flexibility index (Phi) is 6.17. The molecule has 1 aliphatic heterocycles. The number of sulfonamides is 1. The SMILES string of the molecule is COC(=O)C1CN(C(=O)c2ccccc2)c2ccccc2CN1S(=O)(=O)c1ccc(O)cc1. The second kappa shape index (κ2) is 9.05. The normalized spacial score (nSPS) is 16.5. The third kappa shape index (κ3) is 4.33. The fourth-order valence-electron chi connectivity index (χ4n) is 3.81. The van der Waals surface area contributed by atoms with Gasteiger partial charge in [0.25, 0.3) is 5.91 Å². The second-order valence-electron chi connectivity index (χ2n) is 7.49. The van der Waals surface area contributed by atoms with Crippen molar-refractivity contribution in [3.05, 3.63) is 90.0 Å².